The second-order valence-electron chi connectivity index (χ2n) is 19.9. The third-order valence-electron chi connectivity index (χ3n) is 13.0. The number of allylic oxidation sites excluding steroid dienone is 12. The van der Waals surface area contributed by atoms with Crippen molar-refractivity contribution >= 4 is 17.9 Å². The van der Waals surface area contributed by atoms with Crippen molar-refractivity contribution in [2.75, 3.05) is 13.2 Å². The fraction of sp³-hybridized carbons (Fsp3) is 0.766. The van der Waals surface area contributed by atoms with Crippen LogP contribution in [0.3, 0.4) is 0 Å². The number of rotatable bonds is 54. The maximum Gasteiger partial charge on any atom is 0.306 e. The minimum Gasteiger partial charge on any atom is -0.462 e. The van der Waals surface area contributed by atoms with Crippen LogP contribution in [0.5, 0.6) is 0 Å². The lowest BCUT2D eigenvalue weighted by molar-refractivity contribution is -0.167. The lowest BCUT2D eigenvalue weighted by Crippen LogP contribution is -2.30. The average Bonchev–Trinajstić information content (AvgIpc) is 3.36. The molecule has 0 bridgehead atoms. The van der Waals surface area contributed by atoms with Crippen molar-refractivity contribution in [3.05, 3.63) is 72.9 Å². The molecule has 0 aromatic rings. The number of hydrogen-bond donors (Lipinski definition) is 0. The van der Waals surface area contributed by atoms with Crippen LogP contribution in [-0.2, 0) is 28.6 Å². The Bertz CT molecular complexity index is 1310. The second kappa shape index (κ2) is 58.4. The predicted octanol–water partition coefficient (Wildman–Crippen LogP) is 20.2. The zero-order valence-corrected chi connectivity index (χ0v) is 46.3. The largest absolute Gasteiger partial charge is 0.462 e. The van der Waals surface area contributed by atoms with E-state index in [2.05, 4.69) is 93.7 Å². The summed E-state index contributed by atoms with van der Waals surface area (Å²) >= 11 is 0. The van der Waals surface area contributed by atoms with Crippen LogP contribution in [0, 0.1) is 0 Å². The van der Waals surface area contributed by atoms with Crippen LogP contribution < -0.4 is 0 Å². The van der Waals surface area contributed by atoms with Crippen molar-refractivity contribution in [2.45, 2.75) is 303 Å². The number of ether oxygens (including phenoxy) is 3. The summed E-state index contributed by atoms with van der Waals surface area (Å²) in [6.07, 6.45) is 74.8. The van der Waals surface area contributed by atoms with Gasteiger partial charge in [-0.15, -0.1) is 0 Å². The van der Waals surface area contributed by atoms with Gasteiger partial charge in [-0.3, -0.25) is 14.4 Å². The molecule has 0 aromatic heterocycles. The molecule has 0 aliphatic carbocycles. The Morgan fingerprint density at radius 3 is 0.871 bits per heavy atom. The van der Waals surface area contributed by atoms with E-state index in [1.165, 1.54) is 148 Å². The fourth-order valence-corrected chi connectivity index (χ4v) is 8.51. The number of carbonyl (C=O) groups is 3. The van der Waals surface area contributed by atoms with E-state index in [0.717, 1.165) is 109 Å². The third kappa shape index (κ3) is 55.8. The Balaban J connectivity index is 4.29. The Labute approximate surface area is 433 Å². The second-order valence-corrected chi connectivity index (χ2v) is 19.9. The lowest BCUT2D eigenvalue weighted by atomic mass is 10.0. The van der Waals surface area contributed by atoms with Crippen molar-refractivity contribution in [1.29, 1.82) is 0 Å². The van der Waals surface area contributed by atoms with Crippen LogP contribution in [0.1, 0.15) is 297 Å². The molecule has 70 heavy (non-hydrogen) atoms. The van der Waals surface area contributed by atoms with Gasteiger partial charge in [-0.1, -0.05) is 280 Å². The number of esters is 3. The molecule has 0 aliphatic heterocycles. The van der Waals surface area contributed by atoms with E-state index in [9.17, 15) is 14.4 Å². The Hall–Kier alpha value is -3.15. The van der Waals surface area contributed by atoms with Crippen molar-refractivity contribution in [1.82, 2.24) is 0 Å². The molecule has 0 amide bonds. The van der Waals surface area contributed by atoms with Gasteiger partial charge in [0.2, 0.25) is 0 Å². The Morgan fingerprint density at radius 1 is 0.300 bits per heavy atom. The van der Waals surface area contributed by atoms with Crippen molar-refractivity contribution in [3.8, 4) is 0 Å². The predicted molar refractivity (Wildman–Crippen MR) is 302 cm³/mol. The summed E-state index contributed by atoms with van der Waals surface area (Å²) < 4.78 is 16.8. The molecule has 0 saturated heterocycles. The minimum atomic E-state index is -0.782. The standard InChI is InChI=1S/C64H112O6/c1-4-7-10-13-16-19-21-23-25-27-29-31-32-33-35-36-38-40-42-45-48-51-54-57-63(66)69-60-61(59-68-62(65)56-53-50-47-44-18-15-12-9-6-3)70-64(67)58-55-52-49-46-43-41-39-37-34-30-28-26-24-22-20-17-14-11-8-5-2/h7,10,16,19,23,25,29,31,33,35,38,40,61H,4-6,8-9,11-15,17-18,20-22,24,26-28,30,32,34,36-37,39,41-60H2,1-3H3/b10-7-,19-16-,25-23-,31-29-,35-33-,40-38-. The number of hydrogen-bond acceptors (Lipinski definition) is 6. The van der Waals surface area contributed by atoms with Gasteiger partial charge in [0.1, 0.15) is 13.2 Å². The van der Waals surface area contributed by atoms with Crippen LogP contribution in [0.2, 0.25) is 0 Å². The Morgan fingerprint density at radius 2 is 0.557 bits per heavy atom. The van der Waals surface area contributed by atoms with Gasteiger partial charge in [0.05, 0.1) is 0 Å². The summed E-state index contributed by atoms with van der Waals surface area (Å²) in [6, 6.07) is 0. The molecule has 1 unspecified atom stereocenters. The molecule has 0 radical (unpaired) electrons. The first kappa shape index (κ1) is 66.9. The quantitative estimate of drug-likeness (QED) is 0.0261. The summed E-state index contributed by atoms with van der Waals surface area (Å²) in [7, 11) is 0. The highest BCUT2D eigenvalue weighted by Crippen LogP contribution is 2.17. The zero-order chi connectivity index (χ0) is 50.7. The van der Waals surface area contributed by atoms with E-state index in [1.54, 1.807) is 0 Å². The van der Waals surface area contributed by atoms with E-state index in [1.807, 2.05) is 0 Å². The van der Waals surface area contributed by atoms with Crippen LogP contribution in [0.25, 0.3) is 0 Å². The molecule has 0 aliphatic rings. The molecular formula is C64H112O6. The van der Waals surface area contributed by atoms with Crippen molar-refractivity contribution < 1.29 is 28.6 Å². The monoisotopic (exact) mass is 977 g/mol. The maximum absolute atomic E-state index is 12.9. The summed E-state index contributed by atoms with van der Waals surface area (Å²) in [5, 5.41) is 0. The first-order valence-electron chi connectivity index (χ1n) is 29.9. The van der Waals surface area contributed by atoms with Gasteiger partial charge in [0, 0.05) is 19.3 Å². The van der Waals surface area contributed by atoms with E-state index in [-0.39, 0.29) is 31.1 Å². The van der Waals surface area contributed by atoms with Crippen LogP contribution in [0.4, 0.5) is 0 Å². The third-order valence-corrected chi connectivity index (χ3v) is 13.0. The normalized spacial score (nSPS) is 12.6. The molecule has 0 rings (SSSR count). The van der Waals surface area contributed by atoms with E-state index in [4.69, 9.17) is 14.2 Å². The first-order chi connectivity index (χ1) is 34.5. The maximum atomic E-state index is 12.9. The van der Waals surface area contributed by atoms with Crippen LogP contribution in [0.15, 0.2) is 72.9 Å². The molecule has 0 saturated carbocycles. The minimum absolute atomic E-state index is 0.0802. The fourth-order valence-electron chi connectivity index (χ4n) is 8.51. The molecule has 6 nitrogen and oxygen atoms in total. The average molecular weight is 978 g/mol. The van der Waals surface area contributed by atoms with Crippen molar-refractivity contribution in [2.24, 2.45) is 0 Å². The molecule has 0 aromatic carbocycles. The summed E-state index contributed by atoms with van der Waals surface area (Å²) in [5.41, 5.74) is 0. The lowest BCUT2D eigenvalue weighted by Gasteiger charge is -2.18. The first-order valence-corrected chi connectivity index (χ1v) is 29.9. The molecule has 0 N–H and O–H groups in total. The van der Waals surface area contributed by atoms with Gasteiger partial charge in [-0.2, -0.15) is 0 Å². The molecule has 404 valence electrons. The molecule has 0 fully saturated rings. The number of carbonyl (C=O) groups excluding carboxylic acids is 3. The van der Waals surface area contributed by atoms with Gasteiger partial charge >= 0.3 is 17.9 Å². The zero-order valence-electron chi connectivity index (χ0n) is 46.3. The SMILES string of the molecule is CC/C=C\C/C=C\C/C=C\C/C=C\C/C=C\C/C=C\CCCCCCC(=O)OCC(COC(=O)CCCCCCCCCCC)OC(=O)CCCCCCCCCCCCCCCCCCCCCC. The van der Waals surface area contributed by atoms with Gasteiger partial charge < -0.3 is 14.2 Å². The van der Waals surface area contributed by atoms with Gasteiger partial charge in [0.15, 0.2) is 6.10 Å². The summed E-state index contributed by atoms with van der Waals surface area (Å²) in [5.74, 6) is -0.896. The topological polar surface area (TPSA) is 78.9 Å². The van der Waals surface area contributed by atoms with E-state index >= 15 is 0 Å². The molecular weight excluding hydrogens is 865 g/mol. The van der Waals surface area contributed by atoms with Gasteiger partial charge in [-0.25, -0.2) is 0 Å². The summed E-state index contributed by atoms with van der Waals surface area (Å²) in [4.78, 5) is 38.1. The van der Waals surface area contributed by atoms with Crippen LogP contribution in [-0.4, -0.2) is 37.2 Å². The highest BCUT2D eigenvalue weighted by atomic mass is 16.6. The van der Waals surface area contributed by atoms with Crippen molar-refractivity contribution in [3.63, 3.8) is 0 Å². The van der Waals surface area contributed by atoms with Gasteiger partial charge in [0.25, 0.3) is 0 Å². The van der Waals surface area contributed by atoms with Crippen LogP contribution >= 0.6 is 0 Å². The number of unbranched alkanes of at least 4 members (excludes halogenated alkanes) is 31. The van der Waals surface area contributed by atoms with E-state index in [0.29, 0.717) is 19.3 Å². The van der Waals surface area contributed by atoms with E-state index < -0.39 is 6.10 Å². The molecule has 1 atom stereocenters. The highest BCUT2D eigenvalue weighted by molar-refractivity contribution is 5.71. The Kier molecular flexibility index (Phi) is 55.8. The summed E-state index contributed by atoms with van der Waals surface area (Å²) in [6.45, 7) is 6.52. The molecule has 0 spiro atoms. The molecule has 0 heterocycles. The molecule has 6 heteroatoms. The van der Waals surface area contributed by atoms with Gasteiger partial charge in [-0.05, 0) is 70.6 Å². The smallest absolute Gasteiger partial charge is 0.306 e. The highest BCUT2D eigenvalue weighted by Gasteiger charge is 2.19.